The number of anilines is 1. The zero-order valence-electron chi connectivity index (χ0n) is 11.5. The van der Waals surface area contributed by atoms with E-state index in [4.69, 9.17) is 11.5 Å². The Hall–Kier alpha value is -1.66. The topological polar surface area (TPSA) is 98.2 Å². The van der Waals surface area contributed by atoms with Crippen molar-refractivity contribution in [3.05, 3.63) is 29.6 Å². The van der Waals surface area contributed by atoms with Gasteiger partial charge in [0, 0.05) is 5.56 Å². The molecule has 0 unspecified atom stereocenters. The van der Waals surface area contributed by atoms with Crippen LogP contribution in [0.15, 0.2) is 18.2 Å². The summed E-state index contributed by atoms with van der Waals surface area (Å²) in [6.45, 7) is 0. The molecule has 5 nitrogen and oxygen atoms in total. The monoisotopic (exact) mass is 315 g/mol. The van der Waals surface area contributed by atoms with Crippen molar-refractivity contribution >= 4 is 29.9 Å². The van der Waals surface area contributed by atoms with Gasteiger partial charge in [0.15, 0.2) is 0 Å². The average Bonchev–Trinajstić information content (AvgIpc) is 2.41. The molecule has 1 fully saturated rings. The molecule has 1 aliphatic rings. The Morgan fingerprint density at radius 3 is 2.38 bits per heavy atom. The van der Waals surface area contributed by atoms with E-state index in [-0.39, 0.29) is 23.7 Å². The lowest BCUT2D eigenvalue weighted by atomic mass is 9.82. The van der Waals surface area contributed by atoms with Crippen LogP contribution in [0.1, 0.15) is 42.5 Å². The average molecular weight is 316 g/mol. The summed E-state index contributed by atoms with van der Waals surface area (Å²) in [6, 6.07) is 3.59. The lowest BCUT2D eigenvalue weighted by molar-refractivity contribution is -0.122. The summed E-state index contributed by atoms with van der Waals surface area (Å²) in [5.41, 5.74) is 10.3. The maximum absolute atomic E-state index is 13.7. The standard InChI is InChI=1S/C14H18FN3O2.ClH/c15-10-5-4-9(12(16)19)8-11(10)18-13(20)14(17)6-2-1-3-7-14;/h4-5,8H,1-3,6-7,17H2,(H2,16,19)(H,18,20);1H. The first-order valence-corrected chi connectivity index (χ1v) is 6.62. The molecule has 1 aromatic rings. The lowest BCUT2D eigenvalue weighted by Gasteiger charge is -2.31. The van der Waals surface area contributed by atoms with Crippen LogP contribution in [0.25, 0.3) is 0 Å². The molecule has 5 N–H and O–H groups in total. The van der Waals surface area contributed by atoms with Crippen molar-refractivity contribution in [2.24, 2.45) is 11.5 Å². The third-order valence-corrected chi connectivity index (χ3v) is 3.70. The van der Waals surface area contributed by atoms with Gasteiger partial charge in [-0.05, 0) is 31.0 Å². The van der Waals surface area contributed by atoms with Gasteiger partial charge in [0.25, 0.3) is 0 Å². The molecule has 2 amide bonds. The van der Waals surface area contributed by atoms with Crippen LogP contribution in [0.5, 0.6) is 0 Å². The van der Waals surface area contributed by atoms with E-state index in [9.17, 15) is 14.0 Å². The highest BCUT2D eigenvalue weighted by Crippen LogP contribution is 2.27. The molecular formula is C14H19ClFN3O2. The molecule has 21 heavy (non-hydrogen) atoms. The van der Waals surface area contributed by atoms with Crippen molar-refractivity contribution < 1.29 is 14.0 Å². The van der Waals surface area contributed by atoms with E-state index < -0.39 is 23.2 Å². The van der Waals surface area contributed by atoms with Gasteiger partial charge in [-0.3, -0.25) is 9.59 Å². The normalized spacial score (nSPS) is 16.7. The molecule has 0 spiro atoms. The zero-order chi connectivity index (χ0) is 14.8. The minimum absolute atomic E-state index is 0. The van der Waals surface area contributed by atoms with Gasteiger partial charge in [0.1, 0.15) is 5.82 Å². The third kappa shape index (κ3) is 3.92. The van der Waals surface area contributed by atoms with E-state index in [1.807, 2.05) is 0 Å². The number of hydrogen-bond donors (Lipinski definition) is 3. The Morgan fingerprint density at radius 1 is 1.19 bits per heavy atom. The van der Waals surface area contributed by atoms with Crippen LogP contribution >= 0.6 is 12.4 Å². The van der Waals surface area contributed by atoms with Gasteiger partial charge in [-0.2, -0.15) is 0 Å². The predicted octanol–water partition coefficient (Wildman–Crippen LogP) is 1.95. The second kappa shape index (κ2) is 6.87. The first-order valence-electron chi connectivity index (χ1n) is 6.62. The number of halogens is 2. The van der Waals surface area contributed by atoms with Crippen LogP contribution in [0.4, 0.5) is 10.1 Å². The maximum atomic E-state index is 13.7. The summed E-state index contributed by atoms with van der Waals surface area (Å²) < 4.78 is 13.7. The molecule has 0 heterocycles. The van der Waals surface area contributed by atoms with Gasteiger partial charge in [0.2, 0.25) is 11.8 Å². The lowest BCUT2D eigenvalue weighted by Crippen LogP contribution is -2.52. The number of carbonyl (C=O) groups is 2. The number of hydrogen-bond acceptors (Lipinski definition) is 3. The van der Waals surface area contributed by atoms with Crippen LogP contribution in [0, 0.1) is 5.82 Å². The Labute approximate surface area is 128 Å². The van der Waals surface area contributed by atoms with Crippen molar-refractivity contribution in [3.63, 3.8) is 0 Å². The minimum atomic E-state index is -0.965. The molecule has 116 valence electrons. The van der Waals surface area contributed by atoms with Crippen molar-refractivity contribution in [2.75, 3.05) is 5.32 Å². The number of benzene rings is 1. The van der Waals surface area contributed by atoms with E-state index in [1.54, 1.807) is 0 Å². The first kappa shape index (κ1) is 17.4. The number of primary amides is 1. The van der Waals surface area contributed by atoms with Crippen molar-refractivity contribution in [1.29, 1.82) is 0 Å². The summed E-state index contributed by atoms with van der Waals surface area (Å²) >= 11 is 0. The molecule has 0 aliphatic heterocycles. The number of nitrogens with two attached hydrogens (primary N) is 2. The predicted molar refractivity (Wildman–Crippen MR) is 80.8 cm³/mol. The second-order valence-corrected chi connectivity index (χ2v) is 5.23. The maximum Gasteiger partial charge on any atom is 0.248 e. The Balaban J connectivity index is 0.00000220. The Kier molecular flexibility index (Phi) is 5.69. The van der Waals surface area contributed by atoms with E-state index in [1.165, 1.54) is 12.1 Å². The summed E-state index contributed by atoms with van der Waals surface area (Å²) in [7, 11) is 0. The molecule has 0 atom stereocenters. The molecule has 7 heteroatoms. The van der Waals surface area contributed by atoms with Crippen molar-refractivity contribution in [1.82, 2.24) is 0 Å². The fourth-order valence-corrected chi connectivity index (χ4v) is 2.43. The smallest absolute Gasteiger partial charge is 0.248 e. The summed E-state index contributed by atoms with van der Waals surface area (Å²) in [5, 5.41) is 2.47. The zero-order valence-corrected chi connectivity index (χ0v) is 12.3. The number of amides is 2. The fraction of sp³-hybridized carbons (Fsp3) is 0.429. The summed E-state index contributed by atoms with van der Waals surface area (Å²) in [4.78, 5) is 23.3. The van der Waals surface area contributed by atoms with E-state index >= 15 is 0 Å². The van der Waals surface area contributed by atoms with Gasteiger partial charge in [-0.15, -0.1) is 12.4 Å². The fourth-order valence-electron chi connectivity index (χ4n) is 2.43. The van der Waals surface area contributed by atoms with Crippen LogP contribution in [-0.2, 0) is 4.79 Å². The van der Waals surface area contributed by atoms with Crippen LogP contribution < -0.4 is 16.8 Å². The van der Waals surface area contributed by atoms with Crippen molar-refractivity contribution in [3.8, 4) is 0 Å². The van der Waals surface area contributed by atoms with Crippen LogP contribution in [-0.4, -0.2) is 17.4 Å². The molecule has 0 aromatic heterocycles. The quantitative estimate of drug-likeness (QED) is 0.795. The van der Waals surface area contributed by atoms with Crippen LogP contribution in [0.3, 0.4) is 0 Å². The first-order chi connectivity index (χ1) is 9.42. The molecule has 1 aromatic carbocycles. The number of rotatable bonds is 3. The van der Waals surface area contributed by atoms with Gasteiger partial charge in [-0.25, -0.2) is 4.39 Å². The van der Waals surface area contributed by atoms with E-state index in [0.717, 1.165) is 25.3 Å². The number of nitrogens with one attached hydrogen (secondary N) is 1. The molecule has 2 rings (SSSR count). The van der Waals surface area contributed by atoms with Crippen LogP contribution in [0.2, 0.25) is 0 Å². The summed E-state index contributed by atoms with van der Waals surface area (Å²) in [6.07, 6.45) is 3.98. The molecular weight excluding hydrogens is 297 g/mol. The second-order valence-electron chi connectivity index (χ2n) is 5.23. The molecule has 1 aliphatic carbocycles. The van der Waals surface area contributed by atoms with E-state index in [2.05, 4.69) is 5.32 Å². The highest BCUT2D eigenvalue weighted by molar-refractivity contribution is 6.00. The van der Waals surface area contributed by atoms with Gasteiger partial charge in [-0.1, -0.05) is 19.3 Å². The highest BCUT2D eigenvalue weighted by Gasteiger charge is 2.35. The minimum Gasteiger partial charge on any atom is -0.366 e. The van der Waals surface area contributed by atoms with Gasteiger partial charge >= 0.3 is 0 Å². The summed E-state index contributed by atoms with van der Waals surface area (Å²) in [5.74, 6) is -1.72. The SMILES string of the molecule is Cl.NC(=O)c1ccc(F)c(NC(=O)C2(N)CCCCC2)c1. The van der Waals surface area contributed by atoms with Crippen molar-refractivity contribution in [2.45, 2.75) is 37.6 Å². The highest BCUT2D eigenvalue weighted by atomic mass is 35.5. The number of carbonyl (C=O) groups excluding carboxylic acids is 2. The van der Waals surface area contributed by atoms with Gasteiger partial charge in [0.05, 0.1) is 11.2 Å². The Bertz CT molecular complexity index is 545. The molecule has 0 radical (unpaired) electrons. The third-order valence-electron chi connectivity index (χ3n) is 3.70. The molecule has 1 saturated carbocycles. The largest absolute Gasteiger partial charge is 0.366 e. The molecule has 0 bridgehead atoms. The van der Waals surface area contributed by atoms with E-state index in [0.29, 0.717) is 12.8 Å². The van der Waals surface area contributed by atoms with Gasteiger partial charge < -0.3 is 16.8 Å². The Morgan fingerprint density at radius 2 is 1.81 bits per heavy atom. The molecule has 0 saturated heterocycles.